The van der Waals surface area contributed by atoms with Crippen LogP contribution in [-0.4, -0.2) is 83.6 Å². The SMILES string of the molecule is C[C@@H](NC(=O)OC(C)(C)C)C(=O)N1CCC(S(=O)(=O)c2ncc(B3OC(C)(C)C(C)(C)O3)cn2)CC1. The summed E-state index contributed by atoms with van der Waals surface area (Å²) in [4.78, 5) is 34.5. The number of ether oxygens (including phenoxy) is 1. The van der Waals surface area contributed by atoms with Crippen LogP contribution in [0.3, 0.4) is 0 Å². The number of carbonyl (C=O) groups excluding carboxylic acids is 2. The van der Waals surface area contributed by atoms with Crippen molar-refractivity contribution in [2.45, 2.75) is 101 Å². The molecule has 1 aromatic heterocycles. The zero-order valence-electron chi connectivity index (χ0n) is 22.3. The molecule has 0 aromatic carbocycles. The number of nitrogens with one attached hydrogen (secondary N) is 1. The molecule has 2 fully saturated rings. The van der Waals surface area contributed by atoms with Crippen molar-refractivity contribution in [2.24, 2.45) is 0 Å². The highest BCUT2D eigenvalue weighted by molar-refractivity contribution is 7.91. The largest absolute Gasteiger partial charge is 0.498 e. The molecule has 36 heavy (non-hydrogen) atoms. The average molecular weight is 524 g/mol. The van der Waals surface area contributed by atoms with Gasteiger partial charge in [-0.15, -0.1) is 0 Å². The van der Waals surface area contributed by atoms with Crippen LogP contribution in [0.5, 0.6) is 0 Å². The molecular formula is C23H37BN4O7S. The molecule has 11 nitrogen and oxygen atoms in total. The summed E-state index contributed by atoms with van der Waals surface area (Å²) in [5.41, 5.74) is -1.20. The molecule has 3 rings (SSSR count). The van der Waals surface area contributed by atoms with Gasteiger partial charge in [0.25, 0.3) is 0 Å². The van der Waals surface area contributed by atoms with Crippen molar-refractivity contribution in [3.63, 3.8) is 0 Å². The van der Waals surface area contributed by atoms with Crippen molar-refractivity contribution in [3.05, 3.63) is 12.4 Å². The van der Waals surface area contributed by atoms with Crippen molar-refractivity contribution in [2.75, 3.05) is 13.1 Å². The zero-order valence-corrected chi connectivity index (χ0v) is 23.1. The fourth-order valence-electron chi connectivity index (χ4n) is 3.93. The normalized spacial score (nSPS) is 21.2. The van der Waals surface area contributed by atoms with Crippen LogP contribution < -0.4 is 10.8 Å². The zero-order chi connectivity index (χ0) is 27.1. The summed E-state index contributed by atoms with van der Waals surface area (Å²) >= 11 is 0. The molecule has 0 bridgehead atoms. The van der Waals surface area contributed by atoms with E-state index in [1.54, 1.807) is 32.6 Å². The highest BCUT2D eigenvalue weighted by Gasteiger charge is 2.52. The summed E-state index contributed by atoms with van der Waals surface area (Å²) in [7, 11) is -4.47. The van der Waals surface area contributed by atoms with Crippen LogP contribution in [-0.2, 0) is 28.7 Å². The maximum atomic E-state index is 13.2. The van der Waals surface area contributed by atoms with Gasteiger partial charge < -0.3 is 24.3 Å². The lowest BCUT2D eigenvalue weighted by molar-refractivity contribution is -0.133. The minimum atomic E-state index is -3.79. The number of likely N-dealkylation sites (tertiary alicyclic amines) is 1. The van der Waals surface area contributed by atoms with Gasteiger partial charge in [0, 0.05) is 30.9 Å². The summed E-state index contributed by atoms with van der Waals surface area (Å²) in [5.74, 6) is -0.292. The van der Waals surface area contributed by atoms with Crippen LogP contribution in [0.1, 0.15) is 68.2 Å². The number of hydrogen-bond donors (Lipinski definition) is 1. The van der Waals surface area contributed by atoms with Crippen molar-refractivity contribution >= 4 is 34.4 Å². The molecule has 2 saturated heterocycles. The molecule has 0 radical (unpaired) electrons. The van der Waals surface area contributed by atoms with E-state index in [1.165, 1.54) is 12.4 Å². The quantitative estimate of drug-likeness (QED) is 0.448. The molecule has 200 valence electrons. The van der Waals surface area contributed by atoms with Crippen molar-refractivity contribution in [3.8, 4) is 0 Å². The first kappa shape index (κ1) is 28.3. The third kappa shape index (κ3) is 6.17. The smallest absolute Gasteiger partial charge is 0.444 e. The van der Waals surface area contributed by atoms with E-state index < -0.39 is 51.1 Å². The number of rotatable bonds is 5. The molecular weight excluding hydrogens is 487 g/mol. The van der Waals surface area contributed by atoms with Gasteiger partial charge in [0.2, 0.25) is 20.9 Å². The number of alkyl carbamates (subject to hydrolysis) is 1. The van der Waals surface area contributed by atoms with Gasteiger partial charge in [-0.1, -0.05) is 0 Å². The predicted octanol–water partition coefficient (Wildman–Crippen LogP) is 1.45. The second-order valence-electron chi connectivity index (χ2n) is 11.3. The van der Waals surface area contributed by atoms with Crippen LogP contribution >= 0.6 is 0 Å². The van der Waals surface area contributed by atoms with Gasteiger partial charge in [-0.3, -0.25) is 4.79 Å². The molecule has 1 aromatic rings. The van der Waals surface area contributed by atoms with E-state index in [-0.39, 0.29) is 37.0 Å². The molecule has 2 aliphatic heterocycles. The van der Waals surface area contributed by atoms with Crippen molar-refractivity contribution < 1.29 is 32.1 Å². The van der Waals surface area contributed by atoms with E-state index in [9.17, 15) is 18.0 Å². The summed E-state index contributed by atoms with van der Waals surface area (Å²) in [5, 5.41) is 1.56. The monoisotopic (exact) mass is 524 g/mol. The fraction of sp³-hybridized carbons (Fsp3) is 0.739. The van der Waals surface area contributed by atoms with Gasteiger partial charge in [0.05, 0.1) is 16.5 Å². The minimum absolute atomic E-state index is 0.245. The number of carbonyl (C=O) groups is 2. The minimum Gasteiger partial charge on any atom is -0.444 e. The van der Waals surface area contributed by atoms with Crippen molar-refractivity contribution in [1.29, 1.82) is 0 Å². The molecule has 2 amide bonds. The number of aromatic nitrogens is 2. The fourth-order valence-corrected chi connectivity index (χ4v) is 5.46. The van der Waals surface area contributed by atoms with Gasteiger partial charge in [-0.2, -0.15) is 0 Å². The second kappa shape index (κ2) is 9.90. The first-order chi connectivity index (χ1) is 16.4. The molecule has 2 aliphatic rings. The predicted molar refractivity (Wildman–Crippen MR) is 133 cm³/mol. The lowest BCUT2D eigenvalue weighted by atomic mass is 9.81. The number of amides is 2. The van der Waals surface area contributed by atoms with Gasteiger partial charge in [-0.25, -0.2) is 23.2 Å². The van der Waals surface area contributed by atoms with E-state index in [2.05, 4.69) is 15.3 Å². The van der Waals surface area contributed by atoms with Crippen LogP contribution in [0, 0.1) is 0 Å². The van der Waals surface area contributed by atoms with Crippen molar-refractivity contribution in [1.82, 2.24) is 20.2 Å². The summed E-state index contributed by atoms with van der Waals surface area (Å²) in [6.07, 6.45) is 2.66. The highest BCUT2D eigenvalue weighted by Crippen LogP contribution is 2.36. The van der Waals surface area contributed by atoms with Gasteiger partial charge in [-0.05, 0) is 68.2 Å². The molecule has 0 spiro atoms. The maximum Gasteiger partial charge on any atom is 0.498 e. The highest BCUT2D eigenvalue weighted by atomic mass is 32.2. The maximum absolute atomic E-state index is 13.2. The van der Waals surface area contributed by atoms with Gasteiger partial charge >= 0.3 is 13.2 Å². The van der Waals surface area contributed by atoms with Crippen LogP contribution in [0.15, 0.2) is 17.6 Å². The molecule has 0 aliphatic carbocycles. The lowest BCUT2D eigenvalue weighted by Gasteiger charge is -2.33. The Bertz CT molecular complexity index is 1060. The third-order valence-corrected chi connectivity index (χ3v) is 8.79. The summed E-state index contributed by atoms with van der Waals surface area (Å²) < 4.78 is 43.4. The summed E-state index contributed by atoms with van der Waals surface area (Å²) in [6, 6.07) is -0.793. The standard InChI is InChI=1S/C23H37BN4O7S/c1-15(27-20(30)33-21(2,3)4)18(29)28-11-9-17(10-12-28)36(31,32)19-25-13-16(14-26-19)24-34-22(5,6)23(7,8)35-24/h13-15,17H,9-12H2,1-8H3,(H,27,30)/t15-/m1/s1. The Labute approximate surface area is 213 Å². The second-order valence-corrected chi connectivity index (χ2v) is 13.4. The third-order valence-electron chi connectivity index (χ3n) is 6.72. The van der Waals surface area contributed by atoms with E-state index in [4.69, 9.17) is 14.0 Å². The van der Waals surface area contributed by atoms with Crippen LogP contribution in [0.25, 0.3) is 0 Å². The topological polar surface area (TPSA) is 137 Å². The Hall–Kier alpha value is -2.25. The number of sulfone groups is 1. The lowest BCUT2D eigenvalue weighted by Crippen LogP contribution is -2.51. The van der Waals surface area contributed by atoms with E-state index in [1.807, 2.05) is 27.7 Å². The molecule has 1 N–H and O–H groups in total. The summed E-state index contributed by atoms with van der Waals surface area (Å²) in [6.45, 7) is 15.0. The number of piperidine rings is 1. The number of hydrogen-bond acceptors (Lipinski definition) is 9. The van der Waals surface area contributed by atoms with E-state index in [0.29, 0.717) is 5.46 Å². The molecule has 0 unspecified atom stereocenters. The Morgan fingerprint density at radius 3 is 2.08 bits per heavy atom. The van der Waals surface area contributed by atoms with Gasteiger partial charge in [0.15, 0.2) is 0 Å². The Balaban J connectivity index is 1.58. The Morgan fingerprint density at radius 1 is 1.11 bits per heavy atom. The number of nitrogens with zero attached hydrogens (tertiary/aromatic N) is 3. The first-order valence-electron chi connectivity index (χ1n) is 12.1. The molecule has 0 saturated carbocycles. The van der Waals surface area contributed by atoms with E-state index in [0.717, 1.165) is 0 Å². The average Bonchev–Trinajstić information content (AvgIpc) is 2.99. The van der Waals surface area contributed by atoms with Crippen LogP contribution in [0.2, 0.25) is 0 Å². The van der Waals surface area contributed by atoms with Crippen LogP contribution in [0.4, 0.5) is 4.79 Å². The Kier molecular flexibility index (Phi) is 7.79. The molecule has 3 heterocycles. The Morgan fingerprint density at radius 2 is 1.61 bits per heavy atom. The molecule has 1 atom stereocenters. The van der Waals surface area contributed by atoms with E-state index >= 15 is 0 Å². The first-order valence-corrected chi connectivity index (χ1v) is 13.7. The molecule has 13 heteroatoms. The van der Waals surface area contributed by atoms with Gasteiger partial charge in [0.1, 0.15) is 11.6 Å².